The molecule has 1 aromatic rings. The van der Waals surface area contributed by atoms with Gasteiger partial charge in [-0.15, -0.1) is 0 Å². The summed E-state index contributed by atoms with van der Waals surface area (Å²) in [5.74, 6) is 0.659. The maximum atomic E-state index is 12.2. The van der Waals surface area contributed by atoms with Gasteiger partial charge in [0.15, 0.2) is 0 Å². The lowest BCUT2D eigenvalue weighted by atomic mass is 9.92. The molecular formula is C18H25N3O2. The first kappa shape index (κ1) is 16.0. The van der Waals surface area contributed by atoms with Crippen LogP contribution in [0.15, 0.2) is 24.5 Å². The molecule has 1 N–H and O–H groups in total. The van der Waals surface area contributed by atoms with Gasteiger partial charge in [0.25, 0.3) is 5.91 Å². The number of nitrogens with one attached hydrogen (secondary N) is 1. The average molecular weight is 315 g/mol. The van der Waals surface area contributed by atoms with E-state index in [1.807, 2.05) is 4.90 Å². The fourth-order valence-corrected chi connectivity index (χ4v) is 3.53. The van der Waals surface area contributed by atoms with Gasteiger partial charge in [-0.3, -0.25) is 14.6 Å². The first-order chi connectivity index (χ1) is 11.0. The summed E-state index contributed by atoms with van der Waals surface area (Å²) in [6, 6.07) is 3.72. The molecule has 1 saturated heterocycles. The minimum Gasteiger partial charge on any atom is -0.349 e. The summed E-state index contributed by atoms with van der Waals surface area (Å²) in [4.78, 5) is 30.3. The third-order valence-corrected chi connectivity index (χ3v) is 5.13. The zero-order valence-corrected chi connectivity index (χ0v) is 13.9. The maximum Gasteiger partial charge on any atom is 0.251 e. The molecule has 0 radical (unpaired) electrons. The summed E-state index contributed by atoms with van der Waals surface area (Å²) in [5, 5.41) is 3.14. The molecule has 5 heteroatoms. The van der Waals surface area contributed by atoms with Crippen molar-refractivity contribution in [3.05, 3.63) is 30.1 Å². The van der Waals surface area contributed by atoms with Crippen molar-refractivity contribution in [2.24, 2.45) is 11.3 Å². The average Bonchev–Trinajstić information content (AvgIpc) is 3.19. The molecule has 1 aliphatic carbocycles. The van der Waals surface area contributed by atoms with Crippen LogP contribution in [0.2, 0.25) is 0 Å². The van der Waals surface area contributed by atoms with Crippen LogP contribution in [-0.2, 0) is 4.79 Å². The summed E-state index contributed by atoms with van der Waals surface area (Å²) in [6.07, 6.45) is 6.94. The van der Waals surface area contributed by atoms with E-state index in [1.54, 1.807) is 24.5 Å². The SMILES string of the molecule is CC(C)CC(=O)N1CCC2(CC1)CC2NC(=O)c1ccncc1. The van der Waals surface area contributed by atoms with E-state index in [1.165, 1.54) is 0 Å². The standard InChI is InChI=1S/C18H25N3O2/c1-13(2)11-16(22)21-9-5-18(6-10-21)12-15(18)20-17(23)14-3-7-19-8-4-14/h3-4,7-8,13,15H,5-6,9-12H2,1-2H3,(H,20,23). The highest BCUT2D eigenvalue weighted by atomic mass is 16.2. The molecule has 3 rings (SSSR count). The lowest BCUT2D eigenvalue weighted by Crippen LogP contribution is -2.42. The molecule has 124 valence electrons. The molecule has 2 amide bonds. The van der Waals surface area contributed by atoms with Crippen LogP contribution in [0.4, 0.5) is 0 Å². The number of carbonyl (C=O) groups is 2. The second-order valence-electron chi connectivity index (χ2n) is 7.31. The summed E-state index contributed by atoms with van der Waals surface area (Å²) in [6.45, 7) is 5.81. The highest BCUT2D eigenvalue weighted by Gasteiger charge is 2.55. The number of hydrogen-bond acceptors (Lipinski definition) is 3. The van der Waals surface area contributed by atoms with Gasteiger partial charge in [-0.05, 0) is 42.7 Å². The Bertz CT molecular complexity index is 577. The van der Waals surface area contributed by atoms with Crippen LogP contribution < -0.4 is 5.32 Å². The molecular weight excluding hydrogens is 290 g/mol. The lowest BCUT2D eigenvalue weighted by Gasteiger charge is -2.33. The van der Waals surface area contributed by atoms with Gasteiger partial charge < -0.3 is 10.2 Å². The largest absolute Gasteiger partial charge is 0.349 e. The maximum absolute atomic E-state index is 12.2. The number of rotatable bonds is 4. The van der Waals surface area contributed by atoms with E-state index in [0.29, 0.717) is 17.9 Å². The number of hydrogen-bond donors (Lipinski definition) is 1. The molecule has 1 aliphatic heterocycles. The van der Waals surface area contributed by atoms with Crippen LogP contribution in [0.1, 0.15) is 49.9 Å². The number of pyridine rings is 1. The van der Waals surface area contributed by atoms with E-state index in [-0.39, 0.29) is 23.3 Å². The lowest BCUT2D eigenvalue weighted by molar-refractivity contribution is -0.133. The number of likely N-dealkylation sites (tertiary alicyclic amines) is 1. The van der Waals surface area contributed by atoms with Crippen molar-refractivity contribution >= 4 is 11.8 Å². The first-order valence-corrected chi connectivity index (χ1v) is 8.49. The number of nitrogens with zero attached hydrogens (tertiary/aromatic N) is 2. The smallest absolute Gasteiger partial charge is 0.251 e. The number of amides is 2. The Morgan fingerprint density at radius 3 is 2.57 bits per heavy atom. The molecule has 1 saturated carbocycles. The second-order valence-corrected chi connectivity index (χ2v) is 7.31. The minimum atomic E-state index is -0.0208. The van der Waals surface area contributed by atoms with Gasteiger partial charge in [-0.1, -0.05) is 13.8 Å². The molecule has 23 heavy (non-hydrogen) atoms. The predicted octanol–water partition coefficient (Wildman–Crippen LogP) is 2.24. The van der Waals surface area contributed by atoms with Crippen molar-refractivity contribution in [3.8, 4) is 0 Å². The van der Waals surface area contributed by atoms with Crippen LogP contribution in [-0.4, -0.2) is 40.8 Å². The van der Waals surface area contributed by atoms with Crippen LogP contribution in [0.5, 0.6) is 0 Å². The van der Waals surface area contributed by atoms with Gasteiger partial charge in [-0.2, -0.15) is 0 Å². The molecule has 2 heterocycles. The Kier molecular flexibility index (Phi) is 4.37. The Morgan fingerprint density at radius 1 is 1.30 bits per heavy atom. The van der Waals surface area contributed by atoms with Crippen LogP contribution in [0.3, 0.4) is 0 Å². The number of piperidine rings is 1. The van der Waals surface area contributed by atoms with Crippen LogP contribution in [0.25, 0.3) is 0 Å². The minimum absolute atomic E-state index is 0.0208. The molecule has 1 unspecified atom stereocenters. The Balaban J connectivity index is 1.49. The Hall–Kier alpha value is -1.91. The van der Waals surface area contributed by atoms with Gasteiger partial charge in [0.05, 0.1) is 0 Å². The molecule has 1 aromatic heterocycles. The Labute approximate surface area is 137 Å². The Morgan fingerprint density at radius 2 is 1.96 bits per heavy atom. The van der Waals surface area contributed by atoms with Crippen molar-refractivity contribution in [2.75, 3.05) is 13.1 Å². The normalized spacial score (nSPS) is 22.2. The van der Waals surface area contributed by atoms with E-state index in [0.717, 1.165) is 32.4 Å². The van der Waals surface area contributed by atoms with E-state index >= 15 is 0 Å². The molecule has 0 aromatic carbocycles. The van der Waals surface area contributed by atoms with Crippen molar-refractivity contribution in [2.45, 2.75) is 45.6 Å². The number of aromatic nitrogens is 1. The van der Waals surface area contributed by atoms with Crippen LogP contribution in [0, 0.1) is 11.3 Å². The fraction of sp³-hybridized carbons (Fsp3) is 0.611. The first-order valence-electron chi connectivity index (χ1n) is 8.49. The third-order valence-electron chi connectivity index (χ3n) is 5.13. The molecule has 0 bridgehead atoms. The quantitative estimate of drug-likeness (QED) is 0.927. The predicted molar refractivity (Wildman–Crippen MR) is 87.8 cm³/mol. The highest BCUT2D eigenvalue weighted by Crippen LogP contribution is 2.54. The van der Waals surface area contributed by atoms with E-state index < -0.39 is 0 Å². The van der Waals surface area contributed by atoms with Gasteiger partial charge in [0, 0.05) is 43.5 Å². The van der Waals surface area contributed by atoms with Crippen molar-refractivity contribution in [3.63, 3.8) is 0 Å². The van der Waals surface area contributed by atoms with E-state index in [2.05, 4.69) is 24.1 Å². The highest BCUT2D eigenvalue weighted by molar-refractivity contribution is 5.94. The molecule has 2 fully saturated rings. The van der Waals surface area contributed by atoms with Gasteiger partial charge in [0.2, 0.25) is 5.91 Å². The summed E-state index contributed by atoms with van der Waals surface area (Å²) in [5.41, 5.74) is 0.878. The summed E-state index contributed by atoms with van der Waals surface area (Å²) in [7, 11) is 0. The molecule has 1 spiro atoms. The topological polar surface area (TPSA) is 62.3 Å². The van der Waals surface area contributed by atoms with Crippen molar-refractivity contribution in [1.29, 1.82) is 0 Å². The van der Waals surface area contributed by atoms with E-state index in [4.69, 9.17) is 0 Å². The molecule has 1 atom stereocenters. The van der Waals surface area contributed by atoms with Gasteiger partial charge >= 0.3 is 0 Å². The van der Waals surface area contributed by atoms with Gasteiger partial charge in [-0.25, -0.2) is 0 Å². The zero-order valence-electron chi connectivity index (χ0n) is 13.9. The zero-order chi connectivity index (χ0) is 16.4. The van der Waals surface area contributed by atoms with Crippen molar-refractivity contribution in [1.82, 2.24) is 15.2 Å². The second kappa shape index (κ2) is 6.30. The monoisotopic (exact) mass is 315 g/mol. The summed E-state index contributed by atoms with van der Waals surface area (Å²) >= 11 is 0. The third kappa shape index (κ3) is 3.54. The fourth-order valence-electron chi connectivity index (χ4n) is 3.53. The van der Waals surface area contributed by atoms with Crippen LogP contribution >= 0.6 is 0 Å². The molecule has 2 aliphatic rings. The van der Waals surface area contributed by atoms with Gasteiger partial charge in [0.1, 0.15) is 0 Å². The van der Waals surface area contributed by atoms with Crippen molar-refractivity contribution < 1.29 is 9.59 Å². The molecule has 5 nitrogen and oxygen atoms in total. The number of carbonyl (C=O) groups excluding carboxylic acids is 2. The van der Waals surface area contributed by atoms with E-state index in [9.17, 15) is 9.59 Å². The summed E-state index contributed by atoms with van der Waals surface area (Å²) < 4.78 is 0.